The highest BCUT2D eigenvalue weighted by molar-refractivity contribution is 7.08. The molecule has 1 fully saturated rings. The molecule has 34 heavy (non-hydrogen) atoms. The Bertz CT molecular complexity index is 1140. The lowest BCUT2D eigenvalue weighted by atomic mass is 10.0. The highest BCUT2D eigenvalue weighted by atomic mass is 35.5. The topological polar surface area (TPSA) is 71.7 Å². The maximum atomic E-state index is 12.9. The Morgan fingerprint density at radius 3 is 2.53 bits per heavy atom. The lowest BCUT2D eigenvalue weighted by molar-refractivity contribution is -0.605. The predicted octanol–water partition coefficient (Wildman–Crippen LogP) is 6.22. The molecular weight excluding hydrogens is 511 g/mol. The van der Waals surface area contributed by atoms with Crippen molar-refractivity contribution in [2.75, 3.05) is 6.61 Å². The van der Waals surface area contributed by atoms with Gasteiger partial charge in [0.25, 0.3) is 0 Å². The Balaban J connectivity index is 1.68. The number of esters is 1. The number of benzene rings is 1. The van der Waals surface area contributed by atoms with E-state index < -0.39 is 18.7 Å². The summed E-state index contributed by atoms with van der Waals surface area (Å²) in [6.07, 6.45) is 3.43. The van der Waals surface area contributed by atoms with E-state index in [4.69, 9.17) is 32.7 Å². The van der Waals surface area contributed by atoms with E-state index >= 15 is 0 Å². The average Bonchev–Trinajstić information content (AvgIpc) is 3.44. The number of carbonyl (C=O) groups excluding carboxylic acids is 1. The molecule has 180 valence electrons. The third-order valence-corrected chi connectivity index (χ3v) is 6.52. The summed E-state index contributed by atoms with van der Waals surface area (Å²) in [4.78, 5) is 12.7. The maximum absolute atomic E-state index is 12.9. The van der Waals surface area contributed by atoms with Gasteiger partial charge >= 0.3 is 12.6 Å². The lowest BCUT2D eigenvalue weighted by Gasteiger charge is -2.21. The van der Waals surface area contributed by atoms with Crippen LogP contribution in [0.3, 0.4) is 0 Å². The van der Waals surface area contributed by atoms with E-state index in [9.17, 15) is 18.8 Å². The molecule has 1 atom stereocenters. The molecule has 0 aliphatic heterocycles. The zero-order chi connectivity index (χ0) is 24.2. The quantitative estimate of drug-likeness (QED) is 0.177. The Kier molecular flexibility index (Phi) is 7.75. The standard InChI is InChI=1S/C23H19Cl2F2NO5S/c24-17-9-28(30)10-18(25)16(17)8-20(32-22(29)15-5-6-34-12-15)14-3-4-19(33-23(26)27)21(7-14)31-11-13-1-2-13/h3-7,9-10,12-13,20,23H,1-2,8,11H2. The molecule has 0 saturated heterocycles. The minimum Gasteiger partial charge on any atom is -0.619 e. The van der Waals surface area contributed by atoms with E-state index in [1.165, 1.54) is 29.5 Å². The van der Waals surface area contributed by atoms with Crippen molar-refractivity contribution in [3.63, 3.8) is 0 Å². The van der Waals surface area contributed by atoms with Crippen LogP contribution < -0.4 is 14.2 Å². The fraction of sp³-hybridized carbons (Fsp3) is 0.304. The molecule has 0 spiro atoms. The van der Waals surface area contributed by atoms with Crippen LogP contribution in [-0.2, 0) is 11.2 Å². The second-order valence-corrected chi connectivity index (χ2v) is 9.34. The van der Waals surface area contributed by atoms with Crippen molar-refractivity contribution in [2.24, 2.45) is 5.92 Å². The number of alkyl halides is 2. The van der Waals surface area contributed by atoms with Gasteiger partial charge in [0.2, 0.25) is 0 Å². The summed E-state index contributed by atoms with van der Waals surface area (Å²) in [5.41, 5.74) is 1.22. The second-order valence-electron chi connectivity index (χ2n) is 7.74. The third kappa shape index (κ3) is 6.28. The predicted molar refractivity (Wildman–Crippen MR) is 123 cm³/mol. The van der Waals surface area contributed by atoms with Crippen LogP contribution in [0.4, 0.5) is 8.78 Å². The van der Waals surface area contributed by atoms with Gasteiger partial charge in [0.15, 0.2) is 23.9 Å². The SMILES string of the molecule is O=C(OC(Cc1c(Cl)c[n+]([O-])cc1Cl)c1ccc(OC(F)F)c(OCC2CC2)c1)c1ccsc1. The Morgan fingerprint density at radius 1 is 1.18 bits per heavy atom. The molecule has 1 aliphatic carbocycles. The van der Waals surface area contributed by atoms with Crippen molar-refractivity contribution < 1.29 is 32.5 Å². The summed E-state index contributed by atoms with van der Waals surface area (Å²) in [5, 5.41) is 15.2. The summed E-state index contributed by atoms with van der Waals surface area (Å²) in [5.74, 6) is -0.216. The van der Waals surface area contributed by atoms with Gasteiger partial charge in [-0.15, -0.1) is 0 Å². The normalized spacial score (nSPS) is 14.1. The number of rotatable bonds is 10. The molecule has 4 rings (SSSR count). The number of ether oxygens (including phenoxy) is 3. The number of hydrogen-bond donors (Lipinski definition) is 0. The number of hydrogen-bond acceptors (Lipinski definition) is 6. The van der Waals surface area contributed by atoms with Gasteiger partial charge in [0.1, 0.15) is 16.1 Å². The molecule has 1 aromatic carbocycles. The van der Waals surface area contributed by atoms with Gasteiger partial charge in [-0.05, 0) is 47.9 Å². The number of halogens is 4. The summed E-state index contributed by atoms with van der Waals surface area (Å²) in [6, 6.07) is 5.97. The molecule has 0 N–H and O–H groups in total. The van der Waals surface area contributed by atoms with Gasteiger partial charge in [-0.25, -0.2) is 4.79 Å². The first-order chi connectivity index (χ1) is 16.3. The number of nitrogens with zero attached hydrogens (tertiary/aromatic N) is 1. The summed E-state index contributed by atoms with van der Waals surface area (Å²) >= 11 is 13.8. The first kappa shape index (κ1) is 24.5. The van der Waals surface area contributed by atoms with E-state index in [-0.39, 0.29) is 28.0 Å². The molecule has 1 unspecified atom stereocenters. The zero-order valence-corrected chi connectivity index (χ0v) is 19.9. The first-order valence-electron chi connectivity index (χ1n) is 10.3. The van der Waals surface area contributed by atoms with Gasteiger partial charge in [-0.3, -0.25) is 0 Å². The van der Waals surface area contributed by atoms with Crippen LogP contribution in [0, 0.1) is 11.1 Å². The second kappa shape index (κ2) is 10.8. The number of pyridine rings is 1. The minimum absolute atomic E-state index is 0.0332. The highest BCUT2D eigenvalue weighted by Gasteiger charge is 2.26. The van der Waals surface area contributed by atoms with Crippen LogP contribution >= 0.6 is 34.5 Å². The Labute approximate surface area is 208 Å². The van der Waals surface area contributed by atoms with Gasteiger partial charge in [0.05, 0.1) is 12.2 Å². The van der Waals surface area contributed by atoms with Crippen LogP contribution in [-0.4, -0.2) is 19.2 Å². The van der Waals surface area contributed by atoms with Crippen LogP contribution in [0.1, 0.15) is 40.4 Å². The molecular formula is C23H19Cl2F2NO5S. The van der Waals surface area contributed by atoms with Crippen molar-refractivity contribution in [3.05, 3.63) is 79.4 Å². The molecule has 6 nitrogen and oxygen atoms in total. The Hall–Kier alpha value is -2.62. The molecule has 2 aromatic heterocycles. The van der Waals surface area contributed by atoms with Crippen LogP contribution in [0.25, 0.3) is 0 Å². The summed E-state index contributed by atoms with van der Waals surface area (Å²) < 4.78 is 42.4. The molecule has 0 bridgehead atoms. The Morgan fingerprint density at radius 2 is 1.91 bits per heavy atom. The van der Waals surface area contributed by atoms with Crippen LogP contribution in [0.5, 0.6) is 11.5 Å². The van der Waals surface area contributed by atoms with Gasteiger partial charge in [-0.1, -0.05) is 29.3 Å². The fourth-order valence-electron chi connectivity index (χ4n) is 3.24. The number of carbonyl (C=O) groups is 1. The minimum atomic E-state index is -3.03. The monoisotopic (exact) mass is 529 g/mol. The first-order valence-corrected chi connectivity index (χ1v) is 12.0. The zero-order valence-electron chi connectivity index (χ0n) is 17.6. The van der Waals surface area contributed by atoms with Crippen molar-refractivity contribution in [3.8, 4) is 11.5 Å². The molecule has 0 radical (unpaired) electrons. The van der Waals surface area contributed by atoms with E-state index in [1.807, 2.05) is 0 Å². The van der Waals surface area contributed by atoms with Gasteiger partial charge in [0, 0.05) is 17.4 Å². The van der Waals surface area contributed by atoms with Crippen LogP contribution in [0.2, 0.25) is 10.0 Å². The van der Waals surface area contributed by atoms with E-state index in [2.05, 4.69) is 4.74 Å². The summed E-state index contributed by atoms with van der Waals surface area (Å²) in [6.45, 7) is -2.66. The molecule has 3 aromatic rings. The molecule has 1 saturated carbocycles. The number of aromatic nitrogens is 1. The molecule has 1 aliphatic rings. The maximum Gasteiger partial charge on any atom is 0.387 e. The molecule has 11 heteroatoms. The van der Waals surface area contributed by atoms with Crippen molar-refractivity contribution in [2.45, 2.75) is 32.0 Å². The highest BCUT2D eigenvalue weighted by Crippen LogP contribution is 2.38. The van der Waals surface area contributed by atoms with Crippen molar-refractivity contribution >= 4 is 40.5 Å². The van der Waals surface area contributed by atoms with Crippen LogP contribution in [0.15, 0.2) is 47.4 Å². The van der Waals surface area contributed by atoms with Crippen molar-refractivity contribution in [1.82, 2.24) is 0 Å². The van der Waals surface area contributed by atoms with E-state index in [0.29, 0.717) is 33.9 Å². The van der Waals surface area contributed by atoms with E-state index in [1.54, 1.807) is 16.8 Å². The lowest BCUT2D eigenvalue weighted by Crippen LogP contribution is -2.25. The van der Waals surface area contributed by atoms with Gasteiger partial charge in [-0.2, -0.15) is 24.8 Å². The van der Waals surface area contributed by atoms with Crippen molar-refractivity contribution in [1.29, 1.82) is 0 Å². The summed E-state index contributed by atoms with van der Waals surface area (Å²) in [7, 11) is 0. The molecule has 0 amide bonds. The smallest absolute Gasteiger partial charge is 0.387 e. The fourth-order valence-corrected chi connectivity index (χ4v) is 4.46. The average molecular weight is 530 g/mol. The van der Waals surface area contributed by atoms with Gasteiger partial charge < -0.3 is 19.4 Å². The number of thiophene rings is 1. The molecule has 2 heterocycles. The third-order valence-electron chi connectivity index (χ3n) is 5.18. The largest absolute Gasteiger partial charge is 0.619 e. The van der Waals surface area contributed by atoms with E-state index in [0.717, 1.165) is 25.2 Å².